The number of piperazine rings is 1. The third-order valence-electron chi connectivity index (χ3n) is 3.82. The van der Waals surface area contributed by atoms with Gasteiger partial charge in [-0.15, -0.1) is 37.2 Å². The molecule has 2 rings (SSSR count). The standard InChI is InChI=1S/C16H26FN3.3ClH/c1-2-8-18-9-3-10-19-11-13-20(14-12-19)16-6-4-15(17)5-7-16;;;/h4-7,18H,2-3,8-14H2,1H3;3*1H. The van der Waals surface area contributed by atoms with Crippen LogP contribution in [0.5, 0.6) is 0 Å². The van der Waals surface area contributed by atoms with Crippen LogP contribution < -0.4 is 10.2 Å². The smallest absolute Gasteiger partial charge is 0.123 e. The molecule has 0 aromatic heterocycles. The Morgan fingerprint density at radius 2 is 1.57 bits per heavy atom. The lowest BCUT2D eigenvalue weighted by molar-refractivity contribution is 0.254. The summed E-state index contributed by atoms with van der Waals surface area (Å²) in [5, 5.41) is 3.44. The van der Waals surface area contributed by atoms with Crippen molar-refractivity contribution in [3.8, 4) is 0 Å². The maximum atomic E-state index is 12.9. The van der Waals surface area contributed by atoms with Crippen LogP contribution in [0.25, 0.3) is 0 Å². The summed E-state index contributed by atoms with van der Waals surface area (Å²) in [5.74, 6) is -0.160. The number of nitrogens with zero attached hydrogens (tertiary/aromatic N) is 2. The molecule has 1 fully saturated rings. The van der Waals surface area contributed by atoms with Gasteiger partial charge in [0.2, 0.25) is 0 Å². The van der Waals surface area contributed by atoms with Crippen molar-refractivity contribution in [2.45, 2.75) is 19.8 Å². The number of anilines is 1. The number of hydrogen-bond donors (Lipinski definition) is 1. The number of rotatable bonds is 7. The van der Waals surface area contributed by atoms with E-state index in [2.05, 4.69) is 22.0 Å². The van der Waals surface area contributed by atoms with Gasteiger partial charge in [-0.1, -0.05) is 6.92 Å². The second-order valence-corrected chi connectivity index (χ2v) is 5.41. The number of nitrogens with one attached hydrogen (secondary N) is 1. The zero-order valence-corrected chi connectivity index (χ0v) is 16.1. The molecule has 136 valence electrons. The molecule has 7 heteroatoms. The number of benzene rings is 1. The Morgan fingerprint density at radius 1 is 0.957 bits per heavy atom. The van der Waals surface area contributed by atoms with Crippen LogP contribution in [0.15, 0.2) is 24.3 Å². The maximum absolute atomic E-state index is 12.9. The zero-order chi connectivity index (χ0) is 14.2. The van der Waals surface area contributed by atoms with Gasteiger partial charge in [-0.2, -0.15) is 0 Å². The van der Waals surface area contributed by atoms with Gasteiger partial charge in [0.05, 0.1) is 0 Å². The fourth-order valence-electron chi connectivity index (χ4n) is 2.61. The minimum absolute atomic E-state index is 0. The second kappa shape index (κ2) is 14.1. The third kappa shape index (κ3) is 8.96. The second-order valence-electron chi connectivity index (χ2n) is 5.41. The SMILES string of the molecule is CCCNCCCN1CCN(c2ccc(F)cc2)CC1.Cl.Cl.Cl. The molecule has 1 N–H and O–H groups in total. The molecule has 23 heavy (non-hydrogen) atoms. The molecular formula is C16H29Cl3FN3. The average molecular weight is 389 g/mol. The van der Waals surface area contributed by atoms with Crippen molar-refractivity contribution >= 4 is 42.9 Å². The van der Waals surface area contributed by atoms with Gasteiger partial charge in [0.25, 0.3) is 0 Å². The fourth-order valence-corrected chi connectivity index (χ4v) is 2.61. The highest BCUT2D eigenvalue weighted by atomic mass is 35.5. The largest absolute Gasteiger partial charge is 0.369 e. The summed E-state index contributed by atoms with van der Waals surface area (Å²) in [6, 6.07) is 6.83. The molecule has 0 bridgehead atoms. The van der Waals surface area contributed by atoms with Crippen LogP contribution in [0.3, 0.4) is 0 Å². The van der Waals surface area contributed by atoms with E-state index in [9.17, 15) is 4.39 Å². The Labute approximate surface area is 158 Å². The molecule has 3 nitrogen and oxygen atoms in total. The molecule has 0 radical (unpaired) electrons. The van der Waals surface area contributed by atoms with Gasteiger partial charge in [0.1, 0.15) is 5.82 Å². The lowest BCUT2D eigenvalue weighted by atomic mass is 10.2. The molecule has 1 heterocycles. The summed E-state index contributed by atoms with van der Waals surface area (Å²) < 4.78 is 12.9. The van der Waals surface area contributed by atoms with Gasteiger partial charge in [-0.25, -0.2) is 4.39 Å². The van der Waals surface area contributed by atoms with Crippen LogP contribution in [0.2, 0.25) is 0 Å². The van der Waals surface area contributed by atoms with Gasteiger partial charge < -0.3 is 10.2 Å². The summed E-state index contributed by atoms with van der Waals surface area (Å²) >= 11 is 0. The average Bonchev–Trinajstić information content (AvgIpc) is 2.49. The van der Waals surface area contributed by atoms with E-state index in [0.717, 1.165) is 45.0 Å². The van der Waals surface area contributed by atoms with Crippen LogP contribution in [0.1, 0.15) is 19.8 Å². The van der Waals surface area contributed by atoms with E-state index in [0.29, 0.717) is 0 Å². The monoisotopic (exact) mass is 387 g/mol. The van der Waals surface area contributed by atoms with Gasteiger partial charge in [0.15, 0.2) is 0 Å². The first kappa shape index (κ1) is 25.0. The van der Waals surface area contributed by atoms with Crippen LogP contribution in [0.4, 0.5) is 10.1 Å². The van der Waals surface area contributed by atoms with Crippen molar-refractivity contribution in [1.29, 1.82) is 0 Å². The molecule has 0 aliphatic carbocycles. The predicted octanol–water partition coefficient (Wildman–Crippen LogP) is 3.60. The first-order valence-corrected chi connectivity index (χ1v) is 7.73. The number of halogens is 4. The molecule has 1 aromatic rings. The Kier molecular flexibility index (Phi) is 15.3. The zero-order valence-electron chi connectivity index (χ0n) is 13.7. The van der Waals surface area contributed by atoms with Crippen molar-refractivity contribution in [2.75, 3.05) is 50.7 Å². The van der Waals surface area contributed by atoms with Gasteiger partial charge in [-0.3, -0.25) is 4.90 Å². The van der Waals surface area contributed by atoms with Gasteiger partial charge in [0, 0.05) is 31.9 Å². The lowest BCUT2D eigenvalue weighted by Gasteiger charge is -2.36. The Balaban J connectivity index is 0. The van der Waals surface area contributed by atoms with Crippen molar-refractivity contribution in [2.24, 2.45) is 0 Å². The summed E-state index contributed by atoms with van der Waals surface area (Å²) in [6.45, 7) is 9.89. The molecule has 1 saturated heterocycles. The predicted molar refractivity (Wildman–Crippen MR) is 105 cm³/mol. The van der Waals surface area contributed by atoms with E-state index >= 15 is 0 Å². The normalized spacial score (nSPS) is 14.4. The molecular weight excluding hydrogens is 360 g/mol. The lowest BCUT2D eigenvalue weighted by Crippen LogP contribution is -2.47. The molecule has 0 atom stereocenters. The van der Waals surface area contributed by atoms with Crippen molar-refractivity contribution in [3.05, 3.63) is 30.1 Å². The summed E-state index contributed by atoms with van der Waals surface area (Å²) in [7, 11) is 0. The minimum atomic E-state index is -0.160. The summed E-state index contributed by atoms with van der Waals surface area (Å²) in [5.41, 5.74) is 1.13. The van der Waals surface area contributed by atoms with Gasteiger partial charge in [-0.05, 0) is 56.7 Å². The van der Waals surface area contributed by atoms with E-state index in [1.165, 1.54) is 19.4 Å². The summed E-state index contributed by atoms with van der Waals surface area (Å²) in [6.07, 6.45) is 2.42. The van der Waals surface area contributed by atoms with E-state index in [1.807, 2.05) is 12.1 Å². The van der Waals surface area contributed by atoms with Crippen LogP contribution >= 0.6 is 37.2 Å². The van der Waals surface area contributed by atoms with Crippen LogP contribution in [-0.4, -0.2) is 50.7 Å². The quantitative estimate of drug-likeness (QED) is 0.720. The molecule has 1 aliphatic rings. The molecule has 0 spiro atoms. The number of hydrogen-bond acceptors (Lipinski definition) is 3. The highest BCUT2D eigenvalue weighted by molar-refractivity contribution is 5.86. The maximum Gasteiger partial charge on any atom is 0.123 e. The summed E-state index contributed by atoms with van der Waals surface area (Å²) in [4.78, 5) is 4.86. The Bertz CT molecular complexity index is 385. The van der Waals surface area contributed by atoms with Crippen LogP contribution in [0, 0.1) is 5.82 Å². The first-order chi connectivity index (χ1) is 9.79. The highest BCUT2D eigenvalue weighted by Gasteiger charge is 2.16. The first-order valence-electron chi connectivity index (χ1n) is 7.73. The van der Waals surface area contributed by atoms with E-state index < -0.39 is 0 Å². The fraction of sp³-hybridized carbons (Fsp3) is 0.625. The van der Waals surface area contributed by atoms with Gasteiger partial charge >= 0.3 is 0 Å². The van der Waals surface area contributed by atoms with E-state index in [1.54, 1.807) is 12.1 Å². The van der Waals surface area contributed by atoms with Crippen LogP contribution in [-0.2, 0) is 0 Å². The van der Waals surface area contributed by atoms with Crippen molar-refractivity contribution < 1.29 is 4.39 Å². The molecule has 0 unspecified atom stereocenters. The minimum Gasteiger partial charge on any atom is -0.369 e. The van der Waals surface area contributed by atoms with E-state index in [-0.39, 0.29) is 43.0 Å². The van der Waals surface area contributed by atoms with E-state index in [4.69, 9.17) is 0 Å². The Morgan fingerprint density at radius 3 is 2.13 bits per heavy atom. The molecule has 1 aromatic carbocycles. The third-order valence-corrected chi connectivity index (χ3v) is 3.82. The molecule has 0 saturated carbocycles. The van der Waals surface area contributed by atoms with Crippen molar-refractivity contribution in [1.82, 2.24) is 10.2 Å². The van der Waals surface area contributed by atoms with Crippen molar-refractivity contribution in [3.63, 3.8) is 0 Å². The molecule has 0 amide bonds. The highest BCUT2D eigenvalue weighted by Crippen LogP contribution is 2.16. The topological polar surface area (TPSA) is 18.5 Å². The molecule has 1 aliphatic heterocycles. The Hall–Kier alpha value is -0.260.